The number of nitrogens with zero attached hydrogens (tertiary/aromatic N) is 2. The fourth-order valence-electron chi connectivity index (χ4n) is 2.01. The van der Waals surface area contributed by atoms with Crippen LogP contribution >= 0.6 is 34.7 Å². The fraction of sp³-hybridized carbons (Fsp3) is 0.111. The quantitative estimate of drug-likeness (QED) is 0.415. The highest BCUT2D eigenvalue weighted by Gasteiger charge is 2.01. The zero-order valence-corrected chi connectivity index (χ0v) is 15.0. The van der Waals surface area contributed by atoms with Crippen molar-refractivity contribution >= 4 is 46.9 Å². The van der Waals surface area contributed by atoms with Crippen molar-refractivity contribution in [2.45, 2.75) is 17.8 Å². The molecule has 0 saturated carbocycles. The van der Waals surface area contributed by atoms with E-state index in [4.69, 9.17) is 11.6 Å². The van der Waals surface area contributed by atoms with Gasteiger partial charge in [-0.2, -0.15) is 0 Å². The van der Waals surface area contributed by atoms with E-state index < -0.39 is 0 Å². The molecular weight excluding hydrogens is 344 g/mol. The summed E-state index contributed by atoms with van der Waals surface area (Å²) in [6.07, 6.45) is 5.94. The van der Waals surface area contributed by atoms with E-state index in [2.05, 4.69) is 40.5 Å². The summed E-state index contributed by atoms with van der Waals surface area (Å²) in [6.45, 7) is 2.11. The van der Waals surface area contributed by atoms with Crippen LogP contribution in [0.1, 0.15) is 21.7 Å². The molecule has 0 unspecified atom stereocenters. The lowest BCUT2D eigenvalue weighted by atomic mass is 10.2. The van der Waals surface area contributed by atoms with Crippen LogP contribution in [0.5, 0.6) is 0 Å². The maximum atomic E-state index is 6.01. The van der Waals surface area contributed by atoms with E-state index in [0.29, 0.717) is 0 Å². The van der Waals surface area contributed by atoms with E-state index >= 15 is 0 Å². The molecule has 0 N–H and O–H groups in total. The maximum absolute atomic E-state index is 6.01. The highest BCUT2D eigenvalue weighted by molar-refractivity contribution is 7.98. The zero-order valence-electron chi connectivity index (χ0n) is 12.6. The van der Waals surface area contributed by atoms with E-state index in [1.165, 1.54) is 16.0 Å². The van der Waals surface area contributed by atoms with E-state index in [0.717, 1.165) is 21.6 Å². The zero-order chi connectivity index (χ0) is 16.1. The van der Waals surface area contributed by atoms with Gasteiger partial charge in [-0.15, -0.1) is 11.3 Å². The Morgan fingerprint density at radius 1 is 1.22 bits per heavy atom. The van der Waals surface area contributed by atoms with Gasteiger partial charge in [0.15, 0.2) is 5.16 Å². The Kier molecular flexibility index (Phi) is 5.49. The lowest BCUT2D eigenvalue weighted by Crippen LogP contribution is -1.89. The second kappa shape index (κ2) is 7.77. The van der Waals surface area contributed by atoms with Crippen LogP contribution in [0, 0.1) is 6.92 Å². The van der Waals surface area contributed by atoms with Crippen molar-refractivity contribution in [3.63, 3.8) is 0 Å². The number of benzene rings is 1. The van der Waals surface area contributed by atoms with Crippen LogP contribution in [0.4, 0.5) is 0 Å². The smallest absolute Gasteiger partial charge is 0.188 e. The van der Waals surface area contributed by atoms with Crippen LogP contribution in [0.3, 0.4) is 0 Å². The summed E-state index contributed by atoms with van der Waals surface area (Å²) in [5.41, 5.74) is 3.37. The van der Waals surface area contributed by atoms with Crippen LogP contribution in [0.25, 0.3) is 12.2 Å². The fourth-order valence-corrected chi connectivity index (χ4v) is 3.82. The van der Waals surface area contributed by atoms with Crippen LogP contribution in [0.15, 0.2) is 53.1 Å². The molecule has 116 valence electrons. The number of halogens is 1. The van der Waals surface area contributed by atoms with Crippen molar-refractivity contribution in [3.8, 4) is 0 Å². The van der Waals surface area contributed by atoms with Gasteiger partial charge in [0.25, 0.3) is 0 Å². The van der Waals surface area contributed by atoms with E-state index in [1.54, 1.807) is 29.3 Å². The number of hydrogen-bond acceptors (Lipinski definition) is 4. The summed E-state index contributed by atoms with van der Waals surface area (Å²) in [5.74, 6) is 0.803. The molecule has 5 heteroatoms. The Morgan fingerprint density at radius 3 is 2.91 bits per heavy atom. The molecule has 3 aromatic rings. The third-order valence-electron chi connectivity index (χ3n) is 3.22. The summed E-state index contributed by atoms with van der Waals surface area (Å²) < 4.78 is 0. The minimum Gasteiger partial charge on any atom is -0.231 e. The van der Waals surface area contributed by atoms with E-state index in [1.807, 2.05) is 30.3 Å². The predicted molar refractivity (Wildman–Crippen MR) is 101 cm³/mol. The van der Waals surface area contributed by atoms with Crippen molar-refractivity contribution in [1.29, 1.82) is 0 Å². The van der Waals surface area contributed by atoms with Crippen molar-refractivity contribution in [2.24, 2.45) is 0 Å². The molecule has 0 amide bonds. The average molecular weight is 359 g/mol. The maximum Gasteiger partial charge on any atom is 0.188 e. The third kappa shape index (κ3) is 4.67. The molecule has 0 radical (unpaired) electrons. The van der Waals surface area contributed by atoms with Crippen molar-refractivity contribution in [3.05, 3.63) is 74.7 Å². The molecule has 3 rings (SSSR count). The van der Waals surface area contributed by atoms with Gasteiger partial charge in [0.05, 0.1) is 5.69 Å². The van der Waals surface area contributed by atoms with Gasteiger partial charge in [-0.25, -0.2) is 9.97 Å². The van der Waals surface area contributed by atoms with Crippen LogP contribution < -0.4 is 0 Å². The Balaban J connectivity index is 1.68. The minimum absolute atomic E-state index is 0.757. The first-order valence-electron chi connectivity index (χ1n) is 7.13. The van der Waals surface area contributed by atoms with E-state index in [9.17, 15) is 0 Å². The Hall–Kier alpha value is -1.62. The van der Waals surface area contributed by atoms with Crippen LogP contribution in [-0.2, 0) is 5.75 Å². The first-order chi connectivity index (χ1) is 11.2. The molecule has 0 spiro atoms. The number of hydrogen-bond donors (Lipinski definition) is 0. The topological polar surface area (TPSA) is 25.8 Å². The second-order valence-electron chi connectivity index (χ2n) is 4.98. The largest absolute Gasteiger partial charge is 0.231 e. The molecule has 0 atom stereocenters. The number of rotatable bonds is 5. The molecule has 0 saturated heterocycles. The van der Waals surface area contributed by atoms with Crippen molar-refractivity contribution in [2.75, 3.05) is 0 Å². The first-order valence-corrected chi connectivity index (χ1v) is 9.37. The van der Waals surface area contributed by atoms with Gasteiger partial charge in [-0.1, -0.05) is 35.5 Å². The van der Waals surface area contributed by atoms with Gasteiger partial charge in [0.2, 0.25) is 0 Å². The normalized spacial score (nSPS) is 11.2. The Morgan fingerprint density at radius 2 is 2.13 bits per heavy atom. The van der Waals surface area contributed by atoms with Crippen LogP contribution in [0.2, 0.25) is 5.02 Å². The molecule has 1 aromatic carbocycles. The highest BCUT2D eigenvalue weighted by Crippen LogP contribution is 2.22. The lowest BCUT2D eigenvalue weighted by molar-refractivity contribution is 0.957. The molecule has 2 nitrogen and oxygen atoms in total. The second-order valence-corrected chi connectivity index (χ2v) is 7.31. The summed E-state index contributed by atoms with van der Waals surface area (Å²) in [5, 5.41) is 3.63. The molecule has 2 heterocycles. The summed E-state index contributed by atoms with van der Waals surface area (Å²) in [4.78, 5) is 10.2. The van der Waals surface area contributed by atoms with Gasteiger partial charge in [0, 0.05) is 21.8 Å². The Bertz CT molecular complexity index is 827. The molecule has 0 aliphatic rings. The molecule has 0 bridgehead atoms. The third-order valence-corrected chi connectivity index (χ3v) is 5.37. The lowest BCUT2D eigenvalue weighted by Gasteiger charge is -2.02. The van der Waals surface area contributed by atoms with Gasteiger partial charge in [-0.3, -0.25) is 0 Å². The number of thioether (sulfide) groups is 1. The predicted octanol–water partition coefficient (Wildman–Crippen LogP) is 5.96. The standard InChI is InChI=1S/C18H15ClN2S2/c1-13-8-10-22-17(13)6-5-16-7-9-20-18(21-16)23-12-14-3-2-4-15(19)11-14/h2-11H,12H2,1H3. The van der Waals surface area contributed by atoms with Gasteiger partial charge in [0.1, 0.15) is 0 Å². The monoisotopic (exact) mass is 358 g/mol. The Labute approximate surface area is 149 Å². The van der Waals surface area contributed by atoms with Gasteiger partial charge >= 0.3 is 0 Å². The minimum atomic E-state index is 0.757. The molecule has 23 heavy (non-hydrogen) atoms. The van der Waals surface area contributed by atoms with Crippen molar-refractivity contribution < 1.29 is 0 Å². The van der Waals surface area contributed by atoms with Gasteiger partial charge in [-0.05, 0) is 59.8 Å². The average Bonchev–Trinajstić information content (AvgIpc) is 2.97. The molecule has 0 fully saturated rings. The van der Waals surface area contributed by atoms with Crippen LogP contribution in [-0.4, -0.2) is 9.97 Å². The summed E-state index contributed by atoms with van der Waals surface area (Å²) in [6, 6.07) is 11.9. The number of thiophene rings is 1. The summed E-state index contributed by atoms with van der Waals surface area (Å²) >= 11 is 9.35. The van der Waals surface area contributed by atoms with Crippen molar-refractivity contribution in [1.82, 2.24) is 9.97 Å². The summed E-state index contributed by atoms with van der Waals surface area (Å²) in [7, 11) is 0. The molecule has 2 aromatic heterocycles. The molecular formula is C18H15ClN2S2. The molecule has 0 aliphatic carbocycles. The highest BCUT2D eigenvalue weighted by atomic mass is 35.5. The van der Waals surface area contributed by atoms with Gasteiger partial charge < -0.3 is 0 Å². The first kappa shape index (κ1) is 16.2. The number of aryl methyl sites for hydroxylation is 1. The number of aromatic nitrogens is 2. The van der Waals surface area contributed by atoms with E-state index in [-0.39, 0.29) is 0 Å². The SMILES string of the molecule is Cc1ccsc1C=Cc1ccnc(SCc2cccc(Cl)c2)n1. The molecule has 0 aliphatic heterocycles.